The van der Waals surface area contributed by atoms with Gasteiger partial charge < -0.3 is 10.2 Å². The van der Waals surface area contributed by atoms with Gasteiger partial charge in [0.15, 0.2) is 0 Å². The van der Waals surface area contributed by atoms with Gasteiger partial charge >= 0.3 is 0 Å². The Morgan fingerprint density at radius 1 is 1.00 bits per heavy atom. The van der Waals surface area contributed by atoms with E-state index in [1.807, 2.05) is 0 Å². The van der Waals surface area contributed by atoms with Crippen molar-refractivity contribution in [1.82, 2.24) is 0 Å². The van der Waals surface area contributed by atoms with Crippen molar-refractivity contribution in [2.24, 2.45) is 0 Å². The largest absolute Gasteiger partial charge is 0.382 e. The maximum Gasteiger partial charge on any atom is 0.150 e. The van der Waals surface area contributed by atoms with Crippen molar-refractivity contribution in [2.45, 2.75) is 31.7 Å². The minimum Gasteiger partial charge on any atom is -0.382 e. The molecule has 4 nitrogen and oxygen atoms in total. The molecule has 2 aliphatic rings. The zero-order valence-corrected chi connectivity index (χ0v) is 12.5. The summed E-state index contributed by atoms with van der Waals surface area (Å²) in [6.45, 7) is 2.32. The van der Waals surface area contributed by atoms with Crippen molar-refractivity contribution in [3.8, 4) is 0 Å². The lowest BCUT2D eigenvalue weighted by molar-refractivity contribution is 0.559. The molecular weight excluding hydrogens is 272 g/mol. The van der Waals surface area contributed by atoms with Crippen molar-refractivity contribution in [3.63, 3.8) is 0 Å². The quantitative estimate of drug-likeness (QED) is 0.929. The van der Waals surface area contributed by atoms with Gasteiger partial charge in [-0.15, -0.1) is 0 Å². The Kier molecular flexibility index (Phi) is 3.87. The van der Waals surface area contributed by atoms with Gasteiger partial charge in [-0.05, 0) is 49.9 Å². The van der Waals surface area contributed by atoms with Gasteiger partial charge in [-0.1, -0.05) is 0 Å². The molecule has 0 amide bonds. The molecule has 0 radical (unpaired) electrons. The number of hydrogen-bond acceptors (Lipinski definition) is 4. The lowest BCUT2D eigenvalue weighted by atomic mass is 10.1. The number of sulfone groups is 1. The molecule has 0 bridgehead atoms. The fourth-order valence-electron chi connectivity index (χ4n) is 3.01. The lowest BCUT2D eigenvalue weighted by Crippen LogP contribution is -2.32. The fourth-order valence-corrected chi connectivity index (χ4v) is 4.51. The van der Waals surface area contributed by atoms with Crippen molar-refractivity contribution in [3.05, 3.63) is 24.3 Å². The number of nitrogens with zero attached hydrogens (tertiary/aromatic N) is 1. The zero-order valence-electron chi connectivity index (χ0n) is 11.7. The monoisotopic (exact) mass is 294 g/mol. The Labute approximate surface area is 121 Å². The summed E-state index contributed by atoms with van der Waals surface area (Å²) in [6.07, 6.45) is 4.01. The van der Waals surface area contributed by atoms with Crippen LogP contribution in [0.5, 0.6) is 0 Å². The first-order valence-electron chi connectivity index (χ1n) is 7.44. The van der Waals surface area contributed by atoms with Crippen LogP contribution in [-0.4, -0.2) is 39.1 Å². The number of anilines is 2. The molecule has 3 rings (SSSR count). The Bertz CT molecular complexity index is 534. The van der Waals surface area contributed by atoms with Crippen LogP contribution in [0.25, 0.3) is 0 Å². The second-order valence-corrected chi connectivity index (χ2v) is 8.12. The highest BCUT2D eigenvalue weighted by Gasteiger charge is 2.23. The topological polar surface area (TPSA) is 49.4 Å². The Hall–Kier alpha value is -1.23. The third-order valence-corrected chi connectivity index (χ3v) is 5.98. The van der Waals surface area contributed by atoms with Crippen molar-refractivity contribution < 1.29 is 8.42 Å². The van der Waals surface area contributed by atoms with E-state index in [1.165, 1.54) is 18.5 Å². The van der Waals surface area contributed by atoms with Crippen LogP contribution in [0.1, 0.15) is 25.7 Å². The van der Waals surface area contributed by atoms with Crippen molar-refractivity contribution >= 4 is 21.2 Å². The molecule has 0 saturated carbocycles. The molecule has 0 aliphatic carbocycles. The molecule has 0 aromatic heterocycles. The second kappa shape index (κ2) is 5.64. The molecule has 5 heteroatoms. The van der Waals surface area contributed by atoms with Crippen LogP contribution in [0.3, 0.4) is 0 Å². The van der Waals surface area contributed by atoms with Crippen LogP contribution >= 0.6 is 0 Å². The highest BCUT2D eigenvalue weighted by atomic mass is 32.2. The SMILES string of the molecule is O=S1(=O)CCC(Nc2ccc(N3CCCC3)cc2)CC1. The van der Waals surface area contributed by atoms with Gasteiger partial charge in [0.25, 0.3) is 0 Å². The van der Waals surface area contributed by atoms with E-state index in [1.54, 1.807) is 0 Å². The zero-order chi connectivity index (χ0) is 14.0. The first kappa shape index (κ1) is 13.7. The van der Waals surface area contributed by atoms with Crippen LogP contribution < -0.4 is 10.2 Å². The Morgan fingerprint density at radius 2 is 1.60 bits per heavy atom. The second-order valence-electron chi connectivity index (χ2n) is 5.81. The van der Waals surface area contributed by atoms with E-state index in [4.69, 9.17) is 0 Å². The third-order valence-electron chi connectivity index (χ3n) is 4.26. The lowest BCUT2D eigenvalue weighted by Gasteiger charge is -2.24. The highest BCUT2D eigenvalue weighted by Crippen LogP contribution is 2.23. The highest BCUT2D eigenvalue weighted by molar-refractivity contribution is 7.91. The summed E-state index contributed by atoms with van der Waals surface area (Å²) in [7, 11) is -2.77. The molecule has 1 aromatic rings. The smallest absolute Gasteiger partial charge is 0.150 e. The summed E-state index contributed by atoms with van der Waals surface area (Å²) in [5.74, 6) is 0.632. The van der Waals surface area contributed by atoms with Crippen molar-refractivity contribution in [1.29, 1.82) is 0 Å². The predicted octanol–water partition coefficient (Wildman–Crippen LogP) is 2.28. The number of benzene rings is 1. The number of hydrogen-bond donors (Lipinski definition) is 1. The van der Waals surface area contributed by atoms with Crippen LogP contribution in [0, 0.1) is 0 Å². The summed E-state index contributed by atoms with van der Waals surface area (Å²) in [6, 6.07) is 8.82. The van der Waals surface area contributed by atoms with E-state index >= 15 is 0 Å². The first-order valence-corrected chi connectivity index (χ1v) is 9.26. The van der Waals surface area contributed by atoms with Crippen LogP contribution in [0.2, 0.25) is 0 Å². The Morgan fingerprint density at radius 3 is 2.20 bits per heavy atom. The average molecular weight is 294 g/mol. The molecule has 0 atom stereocenters. The molecule has 0 spiro atoms. The minimum absolute atomic E-state index is 0.288. The van der Waals surface area contributed by atoms with Crippen LogP contribution in [0.15, 0.2) is 24.3 Å². The van der Waals surface area contributed by atoms with E-state index in [0.29, 0.717) is 11.5 Å². The van der Waals surface area contributed by atoms with Crippen LogP contribution in [-0.2, 0) is 9.84 Å². The van der Waals surface area contributed by atoms with Gasteiger partial charge in [-0.2, -0.15) is 0 Å². The third kappa shape index (κ3) is 3.26. The number of nitrogens with one attached hydrogen (secondary N) is 1. The standard InChI is InChI=1S/C15H22N2O2S/c18-20(19)11-7-14(8-12-20)16-13-3-5-15(6-4-13)17-9-1-2-10-17/h3-6,14,16H,1-2,7-12H2. The molecule has 1 aromatic carbocycles. The summed E-state index contributed by atoms with van der Waals surface area (Å²) in [4.78, 5) is 2.41. The summed E-state index contributed by atoms with van der Waals surface area (Å²) in [5.41, 5.74) is 2.39. The average Bonchev–Trinajstić information content (AvgIpc) is 2.96. The molecule has 110 valence electrons. The summed E-state index contributed by atoms with van der Waals surface area (Å²) in [5, 5.41) is 3.45. The molecule has 1 N–H and O–H groups in total. The van der Waals surface area contributed by atoms with E-state index < -0.39 is 9.84 Å². The predicted molar refractivity (Wildman–Crippen MR) is 83.2 cm³/mol. The minimum atomic E-state index is -2.77. The maximum atomic E-state index is 11.4. The molecule has 20 heavy (non-hydrogen) atoms. The molecule has 2 aliphatic heterocycles. The van der Waals surface area contributed by atoms with Gasteiger partial charge in [-0.25, -0.2) is 8.42 Å². The van der Waals surface area contributed by atoms with E-state index in [9.17, 15) is 8.42 Å². The fraction of sp³-hybridized carbons (Fsp3) is 0.600. The van der Waals surface area contributed by atoms with Gasteiger partial charge in [0, 0.05) is 30.5 Å². The van der Waals surface area contributed by atoms with Gasteiger partial charge in [0.05, 0.1) is 11.5 Å². The maximum absolute atomic E-state index is 11.4. The van der Waals surface area contributed by atoms with Gasteiger partial charge in [0.2, 0.25) is 0 Å². The van der Waals surface area contributed by atoms with E-state index in [-0.39, 0.29) is 6.04 Å². The van der Waals surface area contributed by atoms with Crippen molar-refractivity contribution in [2.75, 3.05) is 34.8 Å². The molecule has 2 fully saturated rings. The van der Waals surface area contributed by atoms with Gasteiger partial charge in [0.1, 0.15) is 9.84 Å². The molecule has 2 saturated heterocycles. The molecule has 0 unspecified atom stereocenters. The van der Waals surface area contributed by atoms with E-state index in [2.05, 4.69) is 34.5 Å². The molecule has 2 heterocycles. The molecular formula is C15H22N2O2S. The number of rotatable bonds is 3. The van der Waals surface area contributed by atoms with Gasteiger partial charge in [-0.3, -0.25) is 0 Å². The Balaban J connectivity index is 1.58. The summed E-state index contributed by atoms with van der Waals surface area (Å²) < 4.78 is 22.8. The van der Waals surface area contributed by atoms with E-state index in [0.717, 1.165) is 31.6 Å². The summed E-state index contributed by atoms with van der Waals surface area (Å²) >= 11 is 0. The normalized spacial score (nSPS) is 22.9. The van der Waals surface area contributed by atoms with Crippen LogP contribution in [0.4, 0.5) is 11.4 Å². The first-order chi connectivity index (χ1) is 9.62.